The molecule has 0 spiro atoms. The van der Waals surface area contributed by atoms with Crippen LogP contribution in [0.3, 0.4) is 0 Å². The highest BCUT2D eigenvalue weighted by Gasteiger charge is 2.43. The summed E-state index contributed by atoms with van der Waals surface area (Å²) >= 11 is 0. The standard InChI is InChI=1S/C18H26N6O2/c1-2-3-13-10-24(17-21-7-4-15(20)23-17)11-14(13)22-16(25)18(12-19)5-8-26-9-6-18/h4,7,13-14H,2-3,5-6,8-11H2,1H3,(H,22,25)(H2,20,21,23)/t13-,14-/m1/s1. The van der Waals surface area contributed by atoms with E-state index in [4.69, 9.17) is 10.5 Å². The molecule has 3 heterocycles. The van der Waals surface area contributed by atoms with Gasteiger partial charge in [-0.25, -0.2) is 4.98 Å². The molecule has 140 valence electrons. The van der Waals surface area contributed by atoms with Gasteiger partial charge in [-0.15, -0.1) is 0 Å². The number of nitrogens with zero attached hydrogens (tertiary/aromatic N) is 4. The van der Waals surface area contributed by atoms with Crippen LogP contribution in [-0.2, 0) is 9.53 Å². The van der Waals surface area contributed by atoms with Crippen molar-refractivity contribution < 1.29 is 9.53 Å². The zero-order valence-corrected chi connectivity index (χ0v) is 15.1. The first-order valence-electron chi connectivity index (χ1n) is 9.21. The summed E-state index contributed by atoms with van der Waals surface area (Å²) in [4.78, 5) is 23.6. The fourth-order valence-corrected chi connectivity index (χ4v) is 3.79. The Morgan fingerprint density at radius 1 is 1.50 bits per heavy atom. The van der Waals surface area contributed by atoms with Gasteiger partial charge in [0.05, 0.1) is 12.1 Å². The lowest BCUT2D eigenvalue weighted by atomic mass is 9.80. The minimum atomic E-state index is -0.976. The Labute approximate surface area is 153 Å². The molecule has 1 aromatic heterocycles. The van der Waals surface area contributed by atoms with Crippen LogP contribution in [0.4, 0.5) is 11.8 Å². The van der Waals surface area contributed by atoms with Crippen LogP contribution in [0.2, 0.25) is 0 Å². The highest BCUT2D eigenvalue weighted by atomic mass is 16.5. The van der Waals surface area contributed by atoms with Gasteiger partial charge in [-0.2, -0.15) is 10.2 Å². The fraction of sp³-hybridized carbons (Fsp3) is 0.667. The predicted molar refractivity (Wildman–Crippen MR) is 97.1 cm³/mol. The van der Waals surface area contributed by atoms with Gasteiger partial charge < -0.3 is 20.7 Å². The summed E-state index contributed by atoms with van der Waals surface area (Å²) in [5.74, 6) is 1.14. The predicted octanol–water partition coefficient (Wildman–Crippen LogP) is 1.10. The lowest BCUT2D eigenvalue weighted by Crippen LogP contribution is -2.50. The summed E-state index contributed by atoms with van der Waals surface area (Å²) in [6, 6.07) is 3.87. The Bertz CT molecular complexity index is 683. The molecule has 1 amide bonds. The van der Waals surface area contributed by atoms with E-state index in [0.29, 0.717) is 50.3 Å². The van der Waals surface area contributed by atoms with Crippen LogP contribution >= 0.6 is 0 Å². The van der Waals surface area contributed by atoms with Crippen LogP contribution in [-0.4, -0.2) is 48.2 Å². The summed E-state index contributed by atoms with van der Waals surface area (Å²) in [7, 11) is 0. The number of hydrogen-bond acceptors (Lipinski definition) is 7. The van der Waals surface area contributed by atoms with Crippen molar-refractivity contribution in [2.24, 2.45) is 11.3 Å². The van der Waals surface area contributed by atoms with Crippen molar-refractivity contribution in [3.8, 4) is 6.07 Å². The van der Waals surface area contributed by atoms with Crippen molar-refractivity contribution in [1.29, 1.82) is 5.26 Å². The molecule has 1 aromatic rings. The van der Waals surface area contributed by atoms with Crippen LogP contribution in [0.1, 0.15) is 32.6 Å². The molecule has 3 rings (SSSR count). The van der Waals surface area contributed by atoms with E-state index < -0.39 is 5.41 Å². The second-order valence-corrected chi connectivity index (χ2v) is 7.12. The lowest BCUT2D eigenvalue weighted by Gasteiger charge is -2.31. The Morgan fingerprint density at radius 2 is 2.27 bits per heavy atom. The number of ether oxygens (including phenoxy) is 1. The molecule has 26 heavy (non-hydrogen) atoms. The number of nitrogens with two attached hydrogens (primary N) is 1. The Hall–Kier alpha value is -2.40. The van der Waals surface area contributed by atoms with E-state index in [9.17, 15) is 10.1 Å². The molecule has 0 saturated carbocycles. The van der Waals surface area contributed by atoms with Gasteiger partial charge in [0.2, 0.25) is 11.9 Å². The van der Waals surface area contributed by atoms with Crippen LogP contribution in [0.5, 0.6) is 0 Å². The van der Waals surface area contributed by atoms with Gasteiger partial charge in [0, 0.05) is 32.5 Å². The van der Waals surface area contributed by atoms with E-state index >= 15 is 0 Å². The molecule has 2 saturated heterocycles. The highest BCUT2D eigenvalue weighted by Crippen LogP contribution is 2.32. The Balaban J connectivity index is 1.73. The van der Waals surface area contributed by atoms with Crippen molar-refractivity contribution in [3.05, 3.63) is 12.3 Å². The summed E-state index contributed by atoms with van der Waals surface area (Å²) in [6.07, 6.45) is 4.56. The number of amides is 1. The van der Waals surface area contributed by atoms with Crippen LogP contribution in [0, 0.1) is 22.7 Å². The van der Waals surface area contributed by atoms with E-state index in [0.717, 1.165) is 19.4 Å². The van der Waals surface area contributed by atoms with Crippen molar-refractivity contribution in [2.45, 2.75) is 38.6 Å². The van der Waals surface area contributed by atoms with Crippen LogP contribution in [0.25, 0.3) is 0 Å². The van der Waals surface area contributed by atoms with Gasteiger partial charge in [0.15, 0.2) is 0 Å². The molecule has 0 unspecified atom stereocenters. The molecule has 0 aliphatic carbocycles. The zero-order chi connectivity index (χ0) is 18.6. The Morgan fingerprint density at radius 3 is 2.92 bits per heavy atom. The second-order valence-electron chi connectivity index (χ2n) is 7.12. The number of nitrogens with one attached hydrogen (secondary N) is 1. The first-order valence-corrected chi connectivity index (χ1v) is 9.21. The monoisotopic (exact) mass is 358 g/mol. The fourth-order valence-electron chi connectivity index (χ4n) is 3.79. The van der Waals surface area contributed by atoms with Gasteiger partial charge in [-0.05, 0) is 31.2 Å². The first-order chi connectivity index (χ1) is 12.6. The van der Waals surface area contributed by atoms with E-state index in [1.807, 2.05) is 0 Å². The maximum Gasteiger partial charge on any atom is 0.240 e. The summed E-state index contributed by atoms with van der Waals surface area (Å²) in [5.41, 5.74) is 4.80. The molecule has 3 N–H and O–H groups in total. The van der Waals surface area contributed by atoms with Crippen molar-refractivity contribution >= 4 is 17.7 Å². The van der Waals surface area contributed by atoms with E-state index in [1.54, 1.807) is 12.3 Å². The molecule has 2 fully saturated rings. The molecule has 2 atom stereocenters. The zero-order valence-electron chi connectivity index (χ0n) is 15.1. The smallest absolute Gasteiger partial charge is 0.240 e. The van der Waals surface area contributed by atoms with E-state index in [2.05, 4.69) is 33.2 Å². The molecule has 8 heteroatoms. The third-order valence-corrected chi connectivity index (χ3v) is 5.36. The number of rotatable bonds is 5. The molecule has 2 aliphatic rings. The van der Waals surface area contributed by atoms with E-state index in [1.165, 1.54) is 0 Å². The molecule has 2 aliphatic heterocycles. The third-order valence-electron chi connectivity index (χ3n) is 5.36. The maximum atomic E-state index is 12.9. The number of anilines is 2. The number of hydrogen-bond donors (Lipinski definition) is 2. The maximum absolute atomic E-state index is 12.9. The molecule has 8 nitrogen and oxygen atoms in total. The van der Waals surface area contributed by atoms with Gasteiger partial charge in [0.25, 0.3) is 0 Å². The van der Waals surface area contributed by atoms with Gasteiger partial charge in [-0.3, -0.25) is 4.79 Å². The number of carbonyl (C=O) groups excluding carboxylic acids is 1. The van der Waals surface area contributed by atoms with Crippen molar-refractivity contribution in [2.75, 3.05) is 36.9 Å². The minimum Gasteiger partial charge on any atom is -0.384 e. The van der Waals surface area contributed by atoms with Crippen molar-refractivity contribution in [3.63, 3.8) is 0 Å². The number of nitriles is 1. The summed E-state index contributed by atoms with van der Waals surface area (Å²) in [6.45, 7) is 4.43. The van der Waals surface area contributed by atoms with Gasteiger partial charge in [0.1, 0.15) is 11.2 Å². The molecular weight excluding hydrogens is 332 g/mol. The highest BCUT2D eigenvalue weighted by molar-refractivity contribution is 5.86. The minimum absolute atomic E-state index is 0.0273. The van der Waals surface area contributed by atoms with Gasteiger partial charge >= 0.3 is 0 Å². The average molecular weight is 358 g/mol. The second kappa shape index (κ2) is 7.87. The normalized spacial score (nSPS) is 24.8. The molecule has 0 radical (unpaired) electrons. The summed E-state index contributed by atoms with van der Waals surface area (Å²) < 4.78 is 5.32. The Kier molecular flexibility index (Phi) is 5.57. The third kappa shape index (κ3) is 3.73. The molecular formula is C18H26N6O2. The summed E-state index contributed by atoms with van der Waals surface area (Å²) in [5, 5.41) is 12.7. The topological polar surface area (TPSA) is 117 Å². The number of nitrogen functional groups attached to an aromatic ring is 1. The van der Waals surface area contributed by atoms with E-state index in [-0.39, 0.29) is 11.9 Å². The largest absolute Gasteiger partial charge is 0.384 e. The molecule has 0 bridgehead atoms. The first kappa shape index (κ1) is 18.4. The quantitative estimate of drug-likeness (QED) is 0.809. The molecule has 0 aromatic carbocycles. The van der Waals surface area contributed by atoms with Crippen LogP contribution < -0.4 is 16.0 Å². The average Bonchev–Trinajstić information content (AvgIpc) is 3.05. The number of carbonyl (C=O) groups is 1. The van der Waals surface area contributed by atoms with Crippen LogP contribution in [0.15, 0.2) is 12.3 Å². The number of aromatic nitrogens is 2. The SMILES string of the molecule is CCC[C@@H]1CN(c2nccc(N)n2)C[C@H]1NC(=O)C1(C#N)CCOCC1. The lowest BCUT2D eigenvalue weighted by molar-refractivity contribution is -0.133. The van der Waals surface area contributed by atoms with Gasteiger partial charge in [-0.1, -0.05) is 13.3 Å². The van der Waals surface area contributed by atoms with Crippen molar-refractivity contribution in [1.82, 2.24) is 15.3 Å².